The lowest BCUT2D eigenvalue weighted by Crippen LogP contribution is -2.20. The van der Waals surface area contributed by atoms with Crippen molar-refractivity contribution in [3.8, 4) is 11.3 Å². The fraction of sp³-hybridized carbons (Fsp3) is 0.167. The smallest absolute Gasteiger partial charge is 0.259 e. The molecule has 4 heterocycles. The Morgan fingerprint density at radius 2 is 1.97 bits per heavy atom. The summed E-state index contributed by atoms with van der Waals surface area (Å²) in [5.41, 5.74) is 6.01. The molecule has 3 N–H and O–H groups in total. The average molecular weight is 410 g/mol. The molecule has 0 bridgehead atoms. The van der Waals surface area contributed by atoms with E-state index in [0.29, 0.717) is 16.9 Å². The third-order valence-electron chi connectivity index (χ3n) is 5.51. The molecule has 0 aliphatic carbocycles. The van der Waals surface area contributed by atoms with Crippen LogP contribution in [0.2, 0.25) is 0 Å². The Kier molecular flexibility index (Phi) is 5.01. The third kappa shape index (κ3) is 3.83. The fourth-order valence-corrected chi connectivity index (χ4v) is 3.99. The second-order valence-corrected chi connectivity index (χ2v) is 7.59. The molecular formula is C24H22N6O. The van der Waals surface area contributed by atoms with Gasteiger partial charge in [0.05, 0.1) is 11.1 Å². The van der Waals surface area contributed by atoms with Gasteiger partial charge in [0.2, 0.25) is 0 Å². The Bertz CT molecular complexity index is 1340. The standard InChI is InChI=1S/C24H22N6O/c1-15-10-19(2-3-20(15)16-4-7-25-8-5-16)29-23-22-17(6-9-28-24(22)31)11-21(30-23)18-12-26-14-27-13-18/h2-4,6,9-14,25H,5,7-8H2,1H3,(H,28,31)(H,29,30). The second kappa shape index (κ2) is 8.12. The van der Waals surface area contributed by atoms with Crippen molar-refractivity contribution in [1.82, 2.24) is 25.3 Å². The highest BCUT2D eigenvalue weighted by molar-refractivity contribution is 5.95. The lowest BCUT2D eigenvalue weighted by Gasteiger charge is -2.17. The molecule has 7 heteroatoms. The van der Waals surface area contributed by atoms with Gasteiger partial charge in [-0.1, -0.05) is 12.1 Å². The summed E-state index contributed by atoms with van der Waals surface area (Å²) < 4.78 is 0. The maximum absolute atomic E-state index is 12.6. The highest BCUT2D eigenvalue weighted by Gasteiger charge is 2.13. The van der Waals surface area contributed by atoms with Gasteiger partial charge in [-0.25, -0.2) is 15.0 Å². The van der Waals surface area contributed by atoms with Crippen LogP contribution in [-0.2, 0) is 0 Å². The van der Waals surface area contributed by atoms with Gasteiger partial charge in [0.25, 0.3) is 5.56 Å². The van der Waals surface area contributed by atoms with Crippen molar-refractivity contribution >= 4 is 27.9 Å². The number of rotatable bonds is 4. The normalized spacial score (nSPS) is 13.8. The number of aryl methyl sites for hydroxylation is 1. The highest BCUT2D eigenvalue weighted by Crippen LogP contribution is 2.30. The van der Waals surface area contributed by atoms with E-state index in [1.54, 1.807) is 18.6 Å². The van der Waals surface area contributed by atoms with E-state index in [-0.39, 0.29) is 5.56 Å². The molecule has 0 unspecified atom stereocenters. The van der Waals surface area contributed by atoms with Crippen molar-refractivity contribution in [3.63, 3.8) is 0 Å². The lowest BCUT2D eigenvalue weighted by molar-refractivity contribution is 0.738. The molecule has 7 nitrogen and oxygen atoms in total. The molecule has 0 saturated heterocycles. The van der Waals surface area contributed by atoms with E-state index in [9.17, 15) is 4.79 Å². The van der Waals surface area contributed by atoms with Crippen LogP contribution >= 0.6 is 0 Å². The average Bonchev–Trinajstić information content (AvgIpc) is 2.80. The number of aromatic amines is 1. The summed E-state index contributed by atoms with van der Waals surface area (Å²) in [4.78, 5) is 28.3. The summed E-state index contributed by atoms with van der Waals surface area (Å²) in [5, 5.41) is 8.03. The predicted molar refractivity (Wildman–Crippen MR) is 123 cm³/mol. The first-order valence-corrected chi connectivity index (χ1v) is 10.2. The zero-order valence-electron chi connectivity index (χ0n) is 17.1. The predicted octanol–water partition coefficient (Wildman–Crippen LogP) is 3.81. The Hall–Kier alpha value is -3.84. The summed E-state index contributed by atoms with van der Waals surface area (Å²) in [7, 11) is 0. The van der Waals surface area contributed by atoms with Crippen LogP contribution in [0.3, 0.4) is 0 Å². The Morgan fingerprint density at radius 3 is 2.74 bits per heavy atom. The zero-order chi connectivity index (χ0) is 21.2. The molecule has 4 aromatic rings. The molecule has 0 spiro atoms. The molecule has 31 heavy (non-hydrogen) atoms. The van der Waals surface area contributed by atoms with Crippen molar-refractivity contribution in [2.45, 2.75) is 13.3 Å². The Labute approximate surface area is 179 Å². The van der Waals surface area contributed by atoms with Crippen molar-refractivity contribution in [3.05, 3.63) is 82.8 Å². The van der Waals surface area contributed by atoms with Crippen molar-refractivity contribution in [1.29, 1.82) is 0 Å². The molecule has 1 aromatic carbocycles. The monoisotopic (exact) mass is 410 g/mol. The first kappa shape index (κ1) is 19.1. The van der Waals surface area contributed by atoms with Gasteiger partial charge in [-0.05, 0) is 66.2 Å². The van der Waals surface area contributed by atoms with Gasteiger partial charge in [0.1, 0.15) is 12.1 Å². The quantitative estimate of drug-likeness (QED) is 0.474. The number of nitrogens with zero attached hydrogens (tertiary/aromatic N) is 3. The van der Waals surface area contributed by atoms with Gasteiger partial charge in [-0.3, -0.25) is 4.79 Å². The van der Waals surface area contributed by atoms with E-state index in [2.05, 4.69) is 50.7 Å². The molecule has 1 aliphatic rings. The molecule has 0 atom stereocenters. The summed E-state index contributed by atoms with van der Waals surface area (Å²) in [5.74, 6) is 0.506. The maximum Gasteiger partial charge on any atom is 0.259 e. The number of pyridine rings is 2. The summed E-state index contributed by atoms with van der Waals surface area (Å²) >= 11 is 0. The van der Waals surface area contributed by atoms with Crippen LogP contribution in [0, 0.1) is 6.92 Å². The number of hydrogen-bond acceptors (Lipinski definition) is 6. The lowest BCUT2D eigenvalue weighted by atomic mass is 9.96. The number of anilines is 2. The van der Waals surface area contributed by atoms with Crippen molar-refractivity contribution in [2.75, 3.05) is 18.4 Å². The van der Waals surface area contributed by atoms with E-state index in [0.717, 1.165) is 36.1 Å². The van der Waals surface area contributed by atoms with Crippen LogP contribution in [0.5, 0.6) is 0 Å². The number of benzene rings is 1. The van der Waals surface area contributed by atoms with Crippen LogP contribution in [0.25, 0.3) is 27.6 Å². The molecule has 0 saturated carbocycles. The van der Waals surface area contributed by atoms with Crippen molar-refractivity contribution < 1.29 is 0 Å². The topological polar surface area (TPSA) is 95.6 Å². The van der Waals surface area contributed by atoms with Gasteiger partial charge in [0, 0.05) is 36.4 Å². The van der Waals surface area contributed by atoms with E-state index in [1.807, 2.05) is 18.2 Å². The van der Waals surface area contributed by atoms with Crippen LogP contribution < -0.4 is 16.2 Å². The third-order valence-corrected chi connectivity index (χ3v) is 5.51. The minimum Gasteiger partial charge on any atom is -0.340 e. The first-order chi connectivity index (χ1) is 15.2. The molecule has 0 amide bonds. The molecule has 154 valence electrons. The Morgan fingerprint density at radius 1 is 1.10 bits per heavy atom. The van der Waals surface area contributed by atoms with E-state index in [1.165, 1.54) is 23.0 Å². The highest BCUT2D eigenvalue weighted by atomic mass is 16.1. The van der Waals surface area contributed by atoms with E-state index >= 15 is 0 Å². The molecule has 3 aromatic heterocycles. The minimum atomic E-state index is -0.184. The first-order valence-electron chi connectivity index (χ1n) is 10.2. The molecular weight excluding hydrogens is 388 g/mol. The minimum absolute atomic E-state index is 0.184. The SMILES string of the molecule is Cc1cc(Nc2nc(-c3cncnc3)cc3cc[nH]c(=O)c23)ccc1C1=CCNCC1. The molecule has 5 rings (SSSR count). The van der Waals surface area contributed by atoms with Crippen LogP contribution in [0.1, 0.15) is 17.5 Å². The number of aromatic nitrogens is 4. The van der Waals surface area contributed by atoms with Crippen molar-refractivity contribution in [2.24, 2.45) is 0 Å². The van der Waals surface area contributed by atoms with Crippen LogP contribution in [-0.4, -0.2) is 33.0 Å². The van der Waals surface area contributed by atoms with Gasteiger partial charge in [0.15, 0.2) is 0 Å². The fourth-order valence-electron chi connectivity index (χ4n) is 3.99. The van der Waals surface area contributed by atoms with Gasteiger partial charge in [-0.15, -0.1) is 0 Å². The molecule has 0 radical (unpaired) electrons. The number of nitrogens with one attached hydrogen (secondary N) is 3. The van der Waals surface area contributed by atoms with Crippen LogP contribution in [0.4, 0.5) is 11.5 Å². The van der Waals surface area contributed by atoms with Crippen LogP contribution in [0.15, 0.2) is 66.1 Å². The number of H-pyrrole nitrogens is 1. The summed E-state index contributed by atoms with van der Waals surface area (Å²) in [6.45, 7) is 4.02. The summed E-state index contributed by atoms with van der Waals surface area (Å²) in [6.07, 6.45) is 9.82. The van der Waals surface area contributed by atoms with E-state index in [4.69, 9.17) is 4.98 Å². The zero-order valence-corrected chi connectivity index (χ0v) is 17.1. The van der Waals surface area contributed by atoms with E-state index < -0.39 is 0 Å². The van der Waals surface area contributed by atoms with Gasteiger partial charge >= 0.3 is 0 Å². The number of fused-ring (bicyclic) bond motifs is 1. The second-order valence-electron chi connectivity index (χ2n) is 7.59. The van der Waals surface area contributed by atoms with Gasteiger partial charge < -0.3 is 15.6 Å². The number of hydrogen-bond donors (Lipinski definition) is 3. The van der Waals surface area contributed by atoms with Gasteiger partial charge in [-0.2, -0.15) is 0 Å². The Balaban J connectivity index is 1.57. The largest absolute Gasteiger partial charge is 0.340 e. The summed E-state index contributed by atoms with van der Waals surface area (Å²) in [6, 6.07) is 10.0. The maximum atomic E-state index is 12.6. The molecule has 0 fully saturated rings. The molecule has 1 aliphatic heterocycles.